The smallest absolute Gasteiger partial charge is 0.275 e. The lowest BCUT2D eigenvalue weighted by Gasteiger charge is -2.31. The van der Waals surface area contributed by atoms with Crippen LogP contribution in [0.4, 0.5) is 5.69 Å². The van der Waals surface area contributed by atoms with Crippen LogP contribution in [-0.2, 0) is 16.1 Å². The van der Waals surface area contributed by atoms with E-state index in [9.17, 15) is 9.59 Å². The Kier molecular flexibility index (Phi) is 6.27. The third-order valence-electron chi connectivity index (χ3n) is 5.89. The molecule has 2 aliphatic rings. The zero-order chi connectivity index (χ0) is 23.5. The Bertz CT molecular complexity index is 1270. The summed E-state index contributed by atoms with van der Waals surface area (Å²) in [5.41, 5.74) is 3.52. The number of carbonyl (C=O) groups is 2. The molecule has 0 spiro atoms. The van der Waals surface area contributed by atoms with Gasteiger partial charge in [-0.05, 0) is 30.2 Å². The Balaban J connectivity index is 1.41. The maximum Gasteiger partial charge on any atom is 0.275 e. The molecule has 0 saturated carbocycles. The standard InChI is InChI=1S/C27H24N4O2S/c1-2-30(17-19-11-5-3-6-12-19)23(32)18-34-27-28-22-16-10-9-15-21(22)25-29-26(33)24(31(25)27)20-13-7-4-8-14-20/h3-16,24H,2,17-18H2,1H3. The van der Waals surface area contributed by atoms with Crippen LogP contribution in [0, 0.1) is 0 Å². The molecule has 2 heterocycles. The molecule has 3 aromatic carbocycles. The van der Waals surface area contributed by atoms with E-state index in [-0.39, 0.29) is 17.6 Å². The summed E-state index contributed by atoms with van der Waals surface area (Å²) < 4.78 is 0. The van der Waals surface area contributed by atoms with Crippen molar-refractivity contribution in [3.8, 4) is 0 Å². The van der Waals surface area contributed by atoms with Gasteiger partial charge in [0.1, 0.15) is 11.9 Å². The molecule has 2 aliphatic heterocycles. The van der Waals surface area contributed by atoms with Crippen molar-refractivity contribution in [1.29, 1.82) is 0 Å². The van der Waals surface area contributed by atoms with Crippen molar-refractivity contribution in [3.05, 3.63) is 102 Å². The average molecular weight is 469 g/mol. The number of fused-ring (bicyclic) bond motifs is 3. The molecular formula is C27H24N4O2S. The van der Waals surface area contributed by atoms with Gasteiger partial charge in [-0.2, -0.15) is 4.99 Å². The monoisotopic (exact) mass is 468 g/mol. The quantitative estimate of drug-likeness (QED) is 0.521. The second-order valence-electron chi connectivity index (χ2n) is 8.05. The molecule has 0 aliphatic carbocycles. The summed E-state index contributed by atoms with van der Waals surface area (Å²) in [6.45, 7) is 3.16. The summed E-state index contributed by atoms with van der Waals surface area (Å²) in [7, 11) is 0. The Morgan fingerprint density at radius 1 is 0.941 bits per heavy atom. The van der Waals surface area contributed by atoms with Gasteiger partial charge in [0.05, 0.1) is 11.4 Å². The highest BCUT2D eigenvalue weighted by Crippen LogP contribution is 2.39. The second kappa shape index (κ2) is 9.65. The zero-order valence-electron chi connectivity index (χ0n) is 18.8. The second-order valence-corrected chi connectivity index (χ2v) is 8.99. The molecule has 0 fully saturated rings. The van der Waals surface area contributed by atoms with Crippen LogP contribution in [0.25, 0.3) is 0 Å². The predicted octanol–water partition coefficient (Wildman–Crippen LogP) is 4.80. The molecule has 170 valence electrons. The minimum Gasteiger partial charge on any atom is -0.338 e. The first-order chi connectivity index (χ1) is 16.7. The largest absolute Gasteiger partial charge is 0.338 e. The highest BCUT2D eigenvalue weighted by atomic mass is 32.2. The van der Waals surface area contributed by atoms with E-state index in [1.807, 2.05) is 102 Å². The van der Waals surface area contributed by atoms with E-state index in [4.69, 9.17) is 4.99 Å². The maximum absolute atomic E-state index is 13.1. The van der Waals surface area contributed by atoms with Gasteiger partial charge in [0.25, 0.3) is 5.91 Å². The highest BCUT2D eigenvalue weighted by molar-refractivity contribution is 8.14. The first-order valence-electron chi connectivity index (χ1n) is 11.2. The minimum atomic E-state index is -0.586. The van der Waals surface area contributed by atoms with Crippen molar-refractivity contribution in [1.82, 2.24) is 9.80 Å². The normalized spacial score (nSPS) is 16.4. The number of carbonyl (C=O) groups excluding carboxylic acids is 2. The molecule has 0 N–H and O–H groups in total. The molecule has 2 amide bonds. The molecule has 34 heavy (non-hydrogen) atoms. The topological polar surface area (TPSA) is 65.3 Å². The van der Waals surface area contributed by atoms with Gasteiger partial charge >= 0.3 is 0 Å². The molecule has 5 rings (SSSR count). The van der Waals surface area contributed by atoms with Gasteiger partial charge < -0.3 is 4.90 Å². The number of amides is 2. The van der Waals surface area contributed by atoms with Crippen LogP contribution in [0.2, 0.25) is 0 Å². The number of hydrogen-bond donors (Lipinski definition) is 0. The molecule has 0 radical (unpaired) electrons. The zero-order valence-corrected chi connectivity index (χ0v) is 19.6. The number of thioether (sulfide) groups is 1. The number of amidine groups is 2. The van der Waals surface area contributed by atoms with Gasteiger partial charge in [-0.25, -0.2) is 4.99 Å². The summed E-state index contributed by atoms with van der Waals surface area (Å²) in [5, 5.41) is 0.612. The first kappa shape index (κ1) is 22.1. The van der Waals surface area contributed by atoms with E-state index >= 15 is 0 Å². The van der Waals surface area contributed by atoms with Crippen LogP contribution >= 0.6 is 11.8 Å². The number of rotatable bonds is 6. The Morgan fingerprint density at radius 3 is 2.35 bits per heavy atom. The van der Waals surface area contributed by atoms with Crippen molar-refractivity contribution >= 4 is 40.3 Å². The van der Waals surface area contributed by atoms with E-state index in [2.05, 4.69) is 4.99 Å². The van der Waals surface area contributed by atoms with Gasteiger partial charge in [-0.3, -0.25) is 14.5 Å². The van der Waals surface area contributed by atoms with Crippen LogP contribution in [0.5, 0.6) is 0 Å². The molecule has 3 aromatic rings. The van der Waals surface area contributed by atoms with Crippen LogP contribution in [0.3, 0.4) is 0 Å². The average Bonchev–Trinajstić information content (AvgIpc) is 3.24. The van der Waals surface area contributed by atoms with Crippen molar-refractivity contribution in [2.75, 3.05) is 12.3 Å². The van der Waals surface area contributed by atoms with Crippen molar-refractivity contribution in [3.63, 3.8) is 0 Å². The molecule has 1 atom stereocenters. The number of hydrogen-bond acceptors (Lipinski definition) is 5. The third kappa shape index (κ3) is 4.26. The van der Waals surface area contributed by atoms with Crippen LogP contribution in [0.15, 0.2) is 94.9 Å². The third-order valence-corrected chi connectivity index (χ3v) is 6.83. The maximum atomic E-state index is 13.1. The fourth-order valence-corrected chi connectivity index (χ4v) is 5.12. The fraction of sp³-hybridized carbons (Fsp3) is 0.185. The van der Waals surface area contributed by atoms with Gasteiger partial charge in [-0.1, -0.05) is 84.6 Å². The lowest BCUT2D eigenvalue weighted by atomic mass is 10.0. The highest BCUT2D eigenvalue weighted by Gasteiger charge is 2.42. The molecule has 7 heteroatoms. The molecular weight excluding hydrogens is 444 g/mol. The molecule has 0 aromatic heterocycles. The van der Waals surface area contributed by atoms with E-state index < -0.39 is 6.04 Å². The molecule has 0 bridgehead atoms. The van der Waals surface area contributed by atoms with Gasteiger partial charge in [0, 0.05) is 18.7 Å². The summed E-state index contributed by atoms with van der Waals surface area (Å²) in [6, 6.07) is 26.6. The summed E-state index contributed by atoms with van der Waals surface area (Å²) in [5.74, 6) is 0.618. The Labute approximate surface area is 203 Å². The fourth-order valence-electron chi connectivity index (χ4n) is 4.19. The lowest BCUT2D eigenvalue weighted by molar-refractivity contribution is -0.128. The van der Waals surface area contributed by atoms with Crippen LogP contribution in [0.1, 0.15) is 29.7 Å². The van der Waals surface area contributed by atoms with E-state index in [1.165, 1.54) is 11.8 Å². The summed E-state index contributed by atoms with van der Waals surface area (Å²) in [4.78, 5) is 39.1. The Morgan fingerprint density at radius 2 is 1.62 bits per heavy atom. The number of benzene rings is 3. The van der Waals surface area contributed by atoms with E-state index in [0.29, 0.717) is 24.1 Å². The van der Waals surface area contributed by atoms with Crippen molar-refractivity contribution < 1.29 is 9.59 Å². The molecule has 0 saturated heterocycles. The summed E-state index contributed by atoms with van der Waals surface area (Å²) in [6.07, 6.45) is 0. The minimum absolute atomic E-state index is 0.0261. The van der Waals surface area contributed by atoms with E-state index in [1.54, 1.807) is 0 Å². The van der Waals surface area contributed by atoms with Crippen LogP contribution < -0.4 is 0 Å². The van der Waals surface area contributed by atoms with Crippen molar-refractivity contribution in [2.24, 2.45) is 9.98 Å². The van der Waals surface area contributed by atoms with E-state index in [0.717, 1.165) is 22.4 Å². The number of nitrogens with zero attached hydrogens (tertiary/aromatic N) is 4. The molecule has 1 unspecified atom stereocenters. The Hall–Kier alpha value is -3.71. The number of aliphatic imine (C=N–C) groups is 2. The van der Waals surface area contributed by atoms with Gasteiger partial charge in [0.2, 0.25) is 5.91 Å². The lowest BCUT2D eigenvalue weighted by Crippen LogP contribution is -2.39. The van der Waals surface area contributed by atoms with Crippen LogP contribution in [-0.4, -0.2) is 44.9 Å². The molecule has 6 nitrogen and oxygen atoms in total. The van der Waals surface area contributed by atoms with Gasteiger partial charge in [0.15, 0.2) is 5.17 Å². The SMILES string of the molecule is CCN(Cc1ccccc1)C(=O)CSC1=Nc2ccccc2C2=NC(=O)C(c3ccccc3)N12. The summed E-state index contributed by atoms with van der Waals surface area (Å²) >= 11 is 1.35. The van der Waals surface area contributed by atoms with Crippen molar-refractivity contribution in [2.45, 2.75) is 19.5 Å². The number of para-hydroxylation sites is 1. The predicted molar refractivity (Wildman–Crippen MR) is 136 cm³/mol. The van der Waals surface area contributed by atoms with Gasteiger partial charge in [-0.15, -0.1) is 0 Å². The first-order valence-corrected chi connectivity index (χ1v) is 12.2.